The molecule has 0 aromatic carbocycles. The first-order valence-electron chi connectivity index (χ1n) is 6.54. The van der Waals surface area contributed by atoms with Crippen LogP contribution in [0.2, 0.25) is 0 Å². The lowest BCUT2D eigenvalue weighted by Gasteiger charge is -2.44. The number of hydrogen-bond donors (Lipinski definition) is 0. The predicted octanol–water partition coefficient (Wildman–Crippen LogP) is 1.09. The first-order valence-corrected chi connectivity index (χ1v) is 6.54. The van der Waals surface area contributed by atoms with Crippen LogP contribution in [0.4, 0.5) is 0 Å². The van der Waals surface area contributed by atoms with Crippen molar-refractivity contribution in [2.75, 3.05) is 32.7 Å². The summed E-state index contributed by atoms with van der Waals surface area (Å²) in [7, 11) is 0. The molecule has 94 valence electrons. The van der Waals surface area contributed by atoms with Gasteiger partial charge in [-0.25, -0.2) is 0 Å². The highest BCUT2D eigenvalue weighted by Crippen LogP contribution is 2.46. The molecular formula is C13H21N3O. The molecule has 1 saturated heterocycles. The van der Waals surface area contributed by atoms with Gasteiger partial charge in [0.1, 0.15) is 5.41 Å². The second kappa shape index (κ2) is 4.66. The molecule has 0 spiro atoms. The van der Waals surface area contributed by atoms with E-state index in [9.17, 15) is 10.1 Å². The summed E-state index contributed by atoms with van der Waals surface area (Å²) in [6.07, 6.45) is 1.49. The number of carbonyl (C=O) groups is 1. The van der Waals surface area contributed by atoms with Gasteiger partial charge >= 0.3 is 0 Å². The Labute approximate surface area is 103 Å². The second-order valence-electron chi connectivity index (χ2n) is 5.43. The van der Waals surface area contributed by atoms with Crippen LogP contribution in [0.15, 0.2) is 0 Å². The molecule has 4 nitrogen and oxygen atoms in total. The summed E-state index contributed by atoms with van der Waals surface area (Å²) in [6.45, 7) is 8.75. The van der Waals surface area contributed by atoms with E-state index in [0.717, 1.165) is 45.6 Å². The Kier molecular flexibility index (Phi) is 3.39. The average molecular weight is 235 g/mol. The van der Waals surface area contributed by atoms with Gasteiger partial charge in [-0.05, 0) is 25.3 Å². The molecule has 0 N–H and O–H groups in total. The minimum Gasteiger partial charge on any atom is -0.339 e. The zero-order valence-electron chi connectivity index (χ0n) is 10.8. The van der Waals surface area contributed by atoms with E-state index < -0.39 is 5.41 Å². The summed E-state index contributed by atoms with van der Waals surface area (Å²) in [4.78, 5) is 16.6. The molecule has 1 aliphatic carbocycles. The van der Waals surface area contributed by atoms with Crippen molar-refractivity contribution in [1.82, 2.24) is 9.80 Å². The van der Waals surface area contributed by atoms with Crippen molar-refractivity contribution in [1.29, 1.82) is 5.26 Å². The van der Waals surface area contributed by atoms with E-state index in [4.69, 9.17) is 0 Å². The first-order chi connectivity index (χ1) is 8.11. The van der Waals surface area contributed by atoms with Gasteiger partial charge < -0.3 is 9.80 Å². The molecule has 0 unspecified atom stereocenters. The molecule has 0 aromatic heterocycles. The number of nitriles is 1. The van der Waals surface area contributed by atoms with Crippen molar-refractivity contribution in [3.8, 4) is 6.07 Å². The normalized spacial score (nSPS) is 33.9. The van der Waals surface area contributed by atoms with E-state index in [1.807, 2.05) is 4.90 Å². The fourth-order valence-electron chi connectivity index (χ4n) is 3.01. The van der Waals surface area contributed by atoms with Gasteiger partial charge in [0.25, 0.3) is 0 Å². The highest BCUT2D eigenvalue weighted by atomic mass is 16.2. The first kappa shape index (κ1) is 12.4. The average Bonchev–Trinajstić information content (AvgIpc) is 2.34. The van der Waals surface area contributed by atoms with Crippen LogP contribution in [0.1, 0.15) is 26.7 Å². The maximum Gasteiger partial charge on any atom is 0.243 e. The molecule has 0 aromatic rings. The van der Waals surface area contributed by atoms with Crippen LogP contribution < -0.4 is 0 Å². The lowest BCUT2D eigenvalue weighted by Crippen LogP contribution is -2.55. The topological polar surface area (TPSA) is 47.3 Å². The summed E-state index contributed by atoms with van der Waals surface area (Å²) in [5, 5.41) is 9.25. The van der Waals surface area contributed by atoms with Crippen molar-refractivity contribution < 1.29 is 4.79 Å². The van der Waals surface area contributed by atoms with Crippen LogP contribution in [0.3, 0.4) is 0 Å². The third-order valence-corrected chi connectivity index (χ3v) is 4.12. The van der Waals surface area contributed by atoms with Crippen molar-refractivity contribution in [3.05, 3.63) is 0 Å². The number of rotatable bonds is 2. The van der Waals surface area contributed by atoms with E-state index in [1.54, 1.807) is 0 Å². The Morgan fingerprint density at radius 1 is 1.35 bits per heavy atom. The van der Waals surface area contributed by atoms with Crippen molar-refractivity contribution in [2.24, 2.45) is 11.3 Å². The van der Waals surface area contributed by atoms with Crippen LogP contribution in [-0.4, -0.2) is 48.4 Å². The summed E-state index contributed by atoms with van der Waals surface area (Å²) < 4.78 is 0. The van der Waals surface area contributed by atoms with Gasteiger partial charge in [-0.15, -0.1) is 0 Å². The predicted molar refractivity (Wildman–Crippen MR) is 65.1 cm³/mol. The SMILES string of the molecule is CCN1CCN(C(=O)C2(C#N)CC(C)C2)CC1. The molecular weight excluding hydrogens is 214 g/mol. The fourth-order valence-corrected chi connectivity index (χ4v) is 3.01. The molecule has 1 amide bonds. The second-order valence-corrected chi connectivity index (χ2v) is 5.43. The summed E-state index contributed by atoms with van der Waals surface area (Å²) in [6, 6.07) is 2.26. The lowest BCUT2D eigenvalue weighted by atomic mass is 9.62. The number of likely N-dealkylation sites (N-methyl/N-ethyl adjacent to an activating group) is 1. The quantitative estimate of drug-likeness (QED) is 0.720. The Morgan fingerprint density at radius 3 is 2.35 bits per heavy atom. The zero-order valence-corrected chi connectivity index (χ0v) is 10.8. The number of piperazine rings is 1. The minimum atomic E-state index is -0.687. The molecule has 1 saturated carbocycles. The summed E-state index contributed by atoms with van der Waals surface area (Å²) in [5.74, 6) is 0.601. The molecule has 0 radical (unpaired) electrons. The van der Waals surface area contributed by atoms with Crippen LogP contribution in [0.5, 0.6) is 0 Å². The van der Waals surface area contributed by atoms with Crippen LogP contribution in [-0.2, 0) is 4.79 Å². The Hall–Kier alpha value is -1.08. The van der Waals surface area contributed by atoms with Gasteiger partial charge in [0.15, 0.2) is 0 Å². The molecule has 2 aliphatic rings. The van der Waals surface area contributed by atoms with Crippen LogP contribution >= 0.6 is 0 Å². The van der Waals surface area contributed by atoms with E-state index >= 15 is 0 Å². The molecule has 2 fully saturated rings. The number of nitrogens with zero attached hydrogens (tertiary/aromatic N) is 3. The lowest BCUT2D eigenvalue weighted by molar-refractivity contribution is -0.147. The van der Waals surface area contributed by atoms with E-state index in [1.165, 1.54) is 0 Å². The Morgan fingerprint density at radius 2 is 1.94 bits per heavy atom. The highest BCUT2D eigenvalue weighted by Gasteiger charge is 2.50. The molecule has 4 heteroatoms. The largest absolute Gasteiger partial charge is 0.339 e. The van der Waals surface area contributed by atoms with Gasteiger partial charge in [0.05, 0.1) is 6.07 Å². The van der Waals surface area contributed by atoms with Gasteiger partial charge in [-0.2, -0.15) is 5.26 Å². The van der Waals surface area contributed by atoms with Crippen LogP contribution in [0.25, 0.3) is 0 Å². The van der Waals surface area contributed by atoms with Crippen LogP contribution in [0, 0.1) is 22.7 Å². The molecule has 1 heterocycles. The molecule has 0 atom stereocenters. The maximum absolute atomic E-state index is 12.4. The Balaban J connectivity index is 1.95. The van der Waals surface area contributed by atoms with Crippen molar-refractivity contribution in [3.63, 3.8) is 0 Å². The third-order valence-electron chi connectivity index (χ3n) is 4.12. The highest BCUT2D eigenvalue weighted by molar-refractivity contribution is 5.86. The fraction of sp³-hybridized carbons (Fsp3) is 0.846. The van der Waals surface area contributed by atoms with Gasteiger partial charge in [-0.1, -0.05) is 13.8 Å². The number of carbonyl (C=O) groups excluding carboxylic acids is 1. The monoisotopic (exact) mass is 235 g/mol. The molecule has 2 rings (SSSR count). The summed E-state index contributed by atoms with van der Waals surface area (Å²) in [5.41, 5.74) is -0.687. The number of hydrogen-bond acceptors (Lipinski definition) is 3. The van der Waals surface area contributed by atoms with E-state index in [0.29, 0.717) is 5.92 Å². The minimum absolute atomic E-state index is 0.0776. The van der Waals surface area contributed by atoms with Crippen molar-refractivity contribution in [2.45, 2.75) is 26.7 Å². The molecule has 17 heavy (non-hydrogen) atoms. The zero-order chi connectivity index (χ0) is 12.5. The number of amides is 1. The summed E-state index contributed by atoms with van der Waals surface area (Å²) >= 11 is 0. The third kappa shape index (κ3) is 2.16. The van der Waals surface area contributed by atoms with Gasteiger partial charge in [0, 0.05) is 26.2 Å². The standard InChI is InChI=1S/C13H21N3O/c1-3-15-4-6-16(7-5-15)12(17)13(10-14)8-11(2)9-13/h11H,3-9H2,1-2H3. The molecule has 0 bridgehead atoms. The van der Waals surface area contributed by atoms with Gasteiger partial charge in [-0.3, -0.25) is 4.79 Å². The Bertz CT molecular complexity index is 333. The maximum atomic E-state index is 12.4. The van der Waals surface area contributed by atoms with Gasteiger partial charge in [0.2, 0.25) is 5.91 Å². The van der Waals surface area contributed by atoms with E-state index in [-0.39, 0.29) is 5.91 Å². The smallest absolute Gasteiger partial charge is 0.243 e. The van der Waals surface area contributed by atoms with Crippen molar-refractivity contribution >= 4 is 5.91 Å². The van der Waals surface area contributed by atoms with E-state index in [2.05, 4.69) is 24.8 Å². The molecule has 1 aliphatic heterocycles.